The first kappa shape index (κ1) is 14.3. The topological polar surface area (TPSA) is 70.2 Å². The van der Waals surface area contributed by atoms with Crippen LogP contribution in [-0.2, 0) is 9.59 Å². The van der Waals surface area contributed by atoms with E-state index in [0.29, 0.717) is 19.0 Å². The van der Waals surface area contributed by atoms with Crippen LogP contribution in [-0.4, -0.2) is 37.5 Å². The van der Waals surface area contributed by atoms with Gasteiger partial charge in [-0.1, -0.05) is 13.3 Å². The normalized spacial score (nSPS) is 26.2. The Morgan fingerprint density at radius 3 is 2.74 bits per heavy atom. The van der Waals surface area contributed by atoms with E-state index in [9.17, 15) is 9.59 Å². The number of carbonyl (C=O) groups excluding carboxylic acids is 2. The number of hydrogen-bond acceptors (Lipinski definition) is 3. The van der Waals surface area contributed by atoms with Crippen molar-refractivity contribution in [3.05, 3.63) is 0 Å². The third-order valence-electron chi connectivity index (χ3n) is 4.03. The first-order chi connectivity index (χ1) is 9.16. The second-order valence-electron chi connectivity index (χ2n) is 5.80. The molecule has 1 saturated carbocycles. The maximum Gasteiger partial charge on any atom is 0.227 e. The van der Waals surface area contributed by atoms with Gasteiger partial charge in [-0.2, -0.15) is 0 Å². The van der Waals surface area contributed by atoms with Crippen molar-refractivity contribution in [3.8, 4) is 0 Å². The van der Waals surface area contributed by atoms with E-state index < -0.39 is 0 Å². The van der Waals surface area contributed by atoms with Gasteiger partial charge in [-0.3, -0.25) is 9.59 Å². The molecule has 5 nitrogen and oxygen atoms in total. The highest BCUT2D eigenvalue weighted by Gasteiger charge is 2.39. The van der Waals surface area contributed by atoms with E-state index >= 15 is 0 Å². The van der Waals surface area contributed by atoms with Crippen molar-refractivity contribution in [1.29, 1.82) is 0 Å². The lowest BCUT2D eigenvalue weighted by Crippen LogP contribution is -2.43. The number of rotatable bonds is 7. The lowest BCUT2D eigenvalue weighted by Gasteiger charge is -2.26. The third-order valence-corrected chi connectivity index (χ3v) is 4.03. The second kappa shape index (κ2) is 6.37. The zero-order valence-electron chi connectivity index (χ0n) is 11.8. The van der Waals surface area contributed by atoms with Crippen molar-refractivity contribution < 1.29 is 9.59 Å². The van der Waals surface area contributed by atoms with Gasteiger partial charge < -0.3 is 16.0 Å². The predicted molar refractivity (Wildman–Crippen MR) is 73.6 cm³/mol. The molecule has 1 aliphatic carbocycles. The average molecular weight is 267 g/mol. The third kappa shape index (κ3) is 3.93. The van der Waals surface area contributed by atoms with Crippen LogP contribution in [0.15, 0.2) is 0 Å². The van der Waals surface area contributed by atoms with Crippen molar-refractivity contribution in [1.82, 2.24) is 16.0 Å². The molecule has 2 amide bonds. The molecule has 1 atom stereocenters. The van der Waals surface area contributed by atoms with E-state index in [1.807, 2.05) is 0 Å². The fraction of sp³-hybridized carbons (Fsp3) is 0.857. The highest BCUT2D eigenvalue weighted by Crippen LogP contribution is 2.31. The van der Waals surface area contributed by atoms with Gasteiger partial charge in [-0.15, -0.1) is 0 Å². The molecule has 0 bridgehead atoms. The van der Waals surface area contributed by atoms with Crippen molar-refractivity contribution in [2.75, 3.05) is 19.6 Å². The van der Waals surface area contributed by atoms with Gasteiger partial charge in [0.05, 0.1) is 5.41 Å². The minimum Gasteiger partial charge on any atom is -0.355 e. The molecule has 1 aliphatic heterocycles. The first-order valence-corrected chi connectivity index (χ1v) is 7.45. The van der Waals surface area contributed by atoms with Crippen molar-refractivity contribution >= 4 is 11.8 Å². The molecular formula is C14H25N3O2. The summed E-state index contributed by atoms with van der Waals surface area (Å²) in [7, 11) is 0. The summed E-state index contributed by atoms with van der Waals surface area (Å²) in [5, 5.41) is 9.14. The van der Waals surface area contributed by atoms with Crippen LogP contribution in [0.1, 0.15) is 45.4 Å². The minimum atomic E-state index is -0.248. The van der Waals surface area contributed by atoms with Crippen LogP contribution in [0.2, 0.25) is 0 Å². The van der Waals surface area contributed by atoms with Crippen LogP contribution in [0.5, 0.6) is 0 Å². The Labute approximate surface area is 114 Å². The summed E-state index contributed by atoms with van der Waals surface area (Å²) in [4.78, 5) is 23.8. The minimum absolute atomic E-state index is 0.0527. The molecule has 2 aliphatic rings. The van der Waals surface area contributed by atoms with Gasteiger partial charge in [0, 0.05) is 25.6 Å². The van der Waals surface area contributed by atoms with E-state index in [2.05, 4.69) is 22.9 Å². The van der Waals surface area contributed by atoms with Crippen LogP contribution < -0.4 is 16.0 Å². The lowest BCUT2D eigenvalue weighted by atomic mass is 9.81. The SMILES string of the molecule is CCCC1(C(=O)NCCC(=O)NC2CC2)CCNC1. The van der Waals surface area contributed by atoms with Crippen molar-refractivity contribution in [3.63, 3.8) is 0 Å². The van der Waals surface area contributed by atoms with Gasteiger partial charge in [0.25, 0.3) is 0 Å². The molecule has 0 radical (unpaired) electrons. The molecular weight excluding hydrogens is 242 g/mol. The maximum absolute atomic E-state index is 12.3. The number of nitrogens with one attached hydrogen (secondary N) is 3. The van der Waals surface area contributed by atoms with Crippen molar-refractivity contribution in [2.45, 2.75) is 51.5 Å². The molecule has 108 valence electrons. The average Bonchev–Trinajstić information content (AvgIpc) is 3.05. The fourth-order valence-corrected chi connectivity index (χ4v) is 2.75. The molecule has 1 heterocycles. The zero-order chi connectivity index (χ0) is 13.7. The smallest absolute Gasteiger partial charge is 0.227 e. The fourth-order valence-electron chi connectivity index (χ4n) is 2.75. The highest BCUT2D eigenvalue weighted by molar-refractivity contribution is 5.84. The van der Waals surface area contributed by atoms with Crippen LogP contribution >= 0.6 is 0 Å². The molecule has 1 saturated heterocycles. The summed E-state index contributed by atoms with van der Waals surface area (Å²) >= 11 is 0. The van der Waals surface area contributed by atoms with Crippen molar-refractivity contribution in [2.24, 2.45) is 5.41 Å². The monoisotopic (exact) mass is 267 g/mol. The molecule has 3 N–H and O–H groups in total. The largest absolute Gasteiger partial charge is 0.355 e. The van der Waals surface area contributed by atoms with Gasteiger partial charge >= 0.3 is 0 Å². The van der Waals surface area contributed by atoms with Crippen LogP contribution in [0.3, 0.4) is 0 Å². The van der Waals surface area contributed by atoms with E-state index in [1.54, 1.807) is 0 Å². The summed E-state index contributed by atoms with van der Waals surface area (Å²) in [5.74, 6) is 0.162. The Kier molecular flexibility index (Phi) is 4.80. The number of hydrogen-bond donors (Lipinski definition) is 3. The Bertz CT molecular complexity index is 334. The second-order valence-corrected chi connectivity index (χ2v) is 5.80. The highest BCUT2D eigenvalue weighted by atomic mass is 16.2. The van der Waals surface area contributed by atoms with E-state index in [-0.39, 0.29) is 17.2 Å². The molecule has 0 aromatic heterocycles. The van der Waals surface area contributed by atoms with Crippen LogP contribution in [0.25, 0.3) is 0 Å². The standard InChI is InChI=1S/C14H25N3O2/c1-2-6-14(7-9-15-10-14)13(19)16-8-5-12(18)17-11-3-4-11/h11,15H,2-10H2,1H3,(H,16,19)(H,17,18). The summed E-state index contributed by atoms with van der Waals surface area (Å²) in [6.07, 6.45) is 5.42. The van der Waals surface area contributed by atoms with Crippen LogP contribution in [0, 0.1) is 5.41 Å². The van der Waals surface area contributed by atoms with Gasteiger partial charge in [0.2, 0.25) is 11.8 Å². The van der Waals surface area contributed by atoms with Crippen LogP contribution in [0.4, 0.5) is 0 Å². The molecule has 2 fully saturated rings. The predicted octanol–water partition coefficient (Wildman–Crippen LogP) is 0.551. The molecule has 5 heteroatoms. The quantitative estimate of drug-likeness (QED) is 0.631. The Morgan fingerprint density at radius 1 is 1.37 bits per heavy atom. The summed E-state index contributed by atoms with van der Waals surface area (Å²) in [6, 6.07) is 0.397. The molecule has 2 rings (SSSR count). The molecule has 19 heavy (non-hydrogen) atoms. The van der Waals surface area contributed by atoms with E-state index in [1.165, 1.54) is 0 Å². The van der Waals surface area contributed by atoms with Gasteiger partial charge in [0.1, 0.15) is 0 Å². The summed E-state index contributed by atoms with van der Waals surface area (Å²) in [5.41, 5.74) is -0.248. The van der Waals surface area contributed by atoms with Gasteiger partial charge in [-0.05, 0) is 32.2 Å². The van der Waals surface area contributed by atoms with Gasteiger partial charge in [-0.25, -0.2) is 0 Å². The Morgan fingerprint density at radius 2 is 2.16 bits per heavy atom. The molecule has 0 aromatic carbocycles. The number of carbonyl (C=O) groups is 2. The lowest BCUT2D eigenvalue weighted by molar-refractivity contribution is -0.130. The molecule has 0 aromatic rings. The van der Waals surface area contributed by atoms with Gasteiger partial charge in [0.15, 0.2) is 0 Å². The maximum atomic E-state index is 12.3. The van der Waals surface area contributed by atoms with E-state index in [0.717, 1.165) is 45.2 Å². The Hall–Kier alpha value is -1.10. The summed E-state index contributed by atoms with van der Waals surface area (Å²) < 4.78 is 0. The number of amides is 2. The zero-order valence-corrected chi connectivity index (χ0v) is 11.8. The molecule has 0 spiro atoms. The van der Waals surface area contributed by atoms with E-state index in [4.69, 9.17) is 0 Å². The molecule has 1 unspecified atom stereocenters. The Balaban J connectivity index is 1.71. The first-order valence-electron chi connectivity index (χ1n) is 7.45. The summed E-state index contributed by atoms with van der Waals surface area (Å²) in [6.45, 7) is 4.23.